The molecule has 1 heterocycles. The number of nitrogens with two attached hydrogens (primary N) is 1. The van der Waals surface area contributed by atoms with Crippen molar-refractivity contribution in [3.8, 4) is 0 Å². The average molecular weight is 294 g/mol. The third-order valence-electron chi connectivity index (χ3n) is 4.13. The molecular weight excluding hydrogens is 272 g/mol. The van der Waals surface area contributed by atoms with Crippen LogP contribution in [0.2, 0.25) is 0 Å². The molecule has 5 heteroatoms. The predicted octanol–water partition coefficient (Wildman–Crippen LogP) is 2.88. The molecule has 1 amide bonds. The molecule has 1 fully saturated rings. The lowest BCUT2D eigenvalue weighted by atomic mass is 10.1. The van der Waals surface area contributed by atoms with E-state index in [9.17, 15) is 4.79 Å². The van der Waals surface area contributed by atoms with Gasteiger partial charge in [0, 0.05) is 11.6 Å². The number of hydrogen-bond donors (Lipinski definition) is 1. The fraction of sp³-hybridized carbons (Fsp3) is 0.600. The number of hydrogen-bond acceptors (Lipinski definition) is 3. The van der Waals surface area contributed by atoms with Crippen molar-refractivity contribution in [2.24, 2.45) is 5.73 Å². The Bertz CT molecular complexity index is 530. The van der Waals surface area contributed by atoms with Gasteiger partial charge in [0.2, 0.25) is 0 Å². The second-order valence-corrected chi connectivity index (χ2v) is 6.08. The van der Waals surface area contributed by atoms with E-state index < -0.39 is 0 Å². The van der Waals surface area contributed by atoms with Gasteiger partial charge in [0.25, 0.3) is 5.91 Å². The minimum atomic E-state index is -0.00319. The first kappa shape index (κ1) is 15.0. The molecule has 2 N–H and O–H groups in total. The van der Waals surface area contributed by atoms with Crippen molar-refractivity contribution in [2.45, 2.75) is 52.5 Å². The zero-order chi connectivity index (χ0) is 14.9. The van der Waals surface area contributed by atoms with Gasteiger partial charge in [-0.25, -0.2) is 0 Å². The van der Waals surface area contributed by atoms with Gasteiger partial charge in [-0.15, -0.1) is 0 Å². The van der Waals surface area contributed by atoms with Crippen molar-refractivity contribution in [3.05, 3.63) is 22.6 Å². The summed E-state index contributed by atoms with van der Waals surface area (Å²) < 4.78 is 5.57. The summed E-state index contributed by atoms with van der Waals surface area (Å²) in [5.74, 6) is 1.47. The van der Waals surface area contributed by atoms with E-state index in [-0.39, 0.29) is 11.9 Å². The fourth-order valence-corrected chi connectivity index (χ4v) is 3.14. The van der Waals surface area contributed by atoms with E-state index in [0.29, 0.717) is 22.9 Å². The molecule has 0 unspecified atom stereocenters. The molecule has 0 aromatic carbocycles. The molecule has 0 spiro atoms. The standard InChI is InChI=1S/C15H22N2O2S/c1-9-10(2)19-11(3)14(9)15(18)17(8-13(16)20)12-6-4-5-7-12/h12H,4-8H2,1-3H3,(H2,16,20). The van der Waals surface area contributed by atoms with E-state index in [1.807, 2.05) is 25.7 Å². The number of nitrogens with zero attached hydrogens (tertiary/aromatic N) is 1. The van der Waals surface area contributed by atoms with E-state index in [1.54, 1.807) is 0 Å². The van der Waals surface area contributed by atoms with Crippen molar-refractivity contribution < 1.29 is 9.21 Å². The van der Waals surface area contributed by atoms with Gasteiger partial charge < -0.3 is 15.1 Å². The largest absolute Gasteiger partial charge is 0.466 e. The van der Waals surface area contributed by atoms with Crippen LogP contribution in [-0.2, 0) is 0 Å². The SMILES string of the molecule is Cc1oc(C)c(C(=O)N(CC(N)=S)C2CCCC2)c1C. The molecule has 4 nitrogen and oxygen atoms in total. The van der Waals surface area contributed by atoms with E-state index in [4.69, 9.17) is 22.4 Å². The molecule has 1 aromatic heterocycles. The average Bonchev–Trinajstić information content (AvgIpc) is 2.96. The molecule has 110 valence electrons. The predicted molar refractivity (Wildman–Crippen MR) is 83.0 cm³/mol. The van der Waals surface area contributed by atoms with Crippen molar-refractivity contribution in [1.29, 1.82) is 0 Å². The molecule has 0 bridgehead atoms. The molecule has 1 aliphatic rings. The molecule has 0 radical (unpaired) electrons. The van der Waals surface area contributed by atoms with Crippen molar-refractivity contribution in [1.82, 2.24) is 4.90 Å². The first-order valence-corrected chi connectivity index (χ1v) is 7.48. The summed E-state index contributed by atoms with van der Waals surface area (Å²) in [4.78, 5) is 15.1. The molecular formula is C15H22N2O2S. The summed E-state index contributed by atoms with van der Waals surface area (Å²) in [6.45, 7) is 5.99. The highest BCUT2D eigenvalue weighted by Crippen LogP contribution is 2.28. The molecule has 0 aliphatic heterocycles. The van der Waals surface area contributed by atoms with Crippen molar-refractivity contribution in [3.63, 3.8) is 0 Å². The monoisotopic (exact) mass is 294 g/mol. The maximum atomic E-state index is 12.9. The highest BCUT2D eigenvalue weighted by molar-refractivity contribution is 7.80. The summed E-state index contributed by atoms with van der Waals surface area (Å²) in [6, 6.07) is 0.248. The van der Waals surface area contributed by atoms with Gasteiger partial charge in [-0.05, 0) is 33.6 Å². The third kappa shape index (κ3) is 2.87. The number of carbonyl (C=O) groups is 1. The molecule has 1 saturated carbocycles. The molecule has 0 atom stereocenters. The first-order valence-electron chi connectivity index (χ1n) is 7.07. The minimum absolute atomic E-state index is 0.00319. The maximum absolute atomic E-state index is 12.9. The Hall–Kier alpha value is -1.36. The lowest BCUT2D eigenvalue weighted by Crippen LogP contribution is -2.44. The smallest absolute Gasteiger partial charge is 0.258 e. The molecule has 0 saturated heterocycles. The number of thiocarbonyl (C=S) groups is 1. The Labute approximate surface area is 125 Å². The van der Waals surface area contributed by atoms with Gasteiger partial charge in [0.05, 0.1) is 17.1 Å². The van der Waals surface area contributed by atoms with Crippen LogP contribution in [0.15, 0.2) is 4.42 Å². The van der Waals surface area contributed by atoms with Crippen LogP contribution in [0.4, 0.5) is 0 Å². The van der Waals surface area contributed by atoms with Crippen molar-refractivity contribution >= 4 is 23.1 Å². The fourth-order valence-electron chi connectivity index (χ4n) is 3.00. The molecule has 2 rings (SSSR count). The van der Waals surface area contributed by atoms with Crippen LogP contribution in [0.25, 0.3) is 0 Å². The summed E-state index contributed by atoms with van der Waals surface area (Å²) >= 11 is 5.01. The van der Waals surface area contributed by atoms with Gasteiger partial charge in [-0.2, -0.15) is 0 Å². The zero-order valence-corrected chi connectivity index (χ0v) is 13.2. The summed E-state index contributed by atoms with van der Waals surface area (Å²) in [7, 11) is 0. The number of furan rings is 1. The topological polar surface area (TPSA) is 59.5 Å². The van der Waals surface area contributed by atoms with Crippen LogP contribution >= 0.6 is 12.2 Å². The molecule has 1 aromatic rings. The Morgan fingerprint density at radius 3 is 2.35 bits per heavy atom. The Morgan fingerprint density at radius 2 is 1.90 bits per heavy atom. The van der Waals surface area contributed by atoms with Crippen LogP contribution in [-0.4, -0.2) is 28.4 Å². The number of amides is 1. The lowest BCUT2D eigenvalue weighted by molar-refractivity contribution is 0.0712. The van der Waals surface area contributed by atoms with Crippen molar-refractivity contribution in [2.75, 3.05) is 6.54 Å². The van der Waals surface area contributed by atoms with Gasteiger partial charge in [0.15, 0.2) is 0 Å². The summed E-state index contributed by atoms with van der Waals surface area (Å²) in [5.41, 5.74) is 7.26. The van der Waals surface area contributed by atoms with Crippen LogP contribution < -0.4 is 5.73 Å². The summed E-state index contributed by atoms with van der Waals surface area (Å²) in [6.07, 6.45) is 4.38. The second kappa shape index (κ2) is 5.95. The van der Waals surface area contributed by atoms with E-state index in [0.717, 1.165) is 37.0 Å². The zero-order valence-electron chi connectivity index (χ0n) is 12.4. The Kier molecular flexibility index (Phi) is 4.48. The van der Waals surface area contributed by atoms with Gasteiger partial charge in [-0.1, -0.05) is 25.1 Å². The van der Waals surface area contributed by atoms with Crippen LogP contribution in [0.1, 0.15) is 53.1 Å². The van der Waals surface area contributed by atoms with Crippen LogP contribution in [0, 0.1) is 20.8 Å². The Morgan fingerprint density at radius 1 is 1.30 bits per heavy atom. The quantitative estimate of drug-likeness (QED) is 0.867. The second-order valence-electron chi connectivity index (χ2n) is 5.55. The summed E-state index contributed by atoms with van der Waals surface area (Å²) in [5, 5.41) is 0. The van der Waals surface area contributed by atoms with Crippen LogP contribution in [0.3, 0.4) is 0 Å². The first-order chi connectivity index (χ1) is 9.41. The normalized spacial score (nSPS) is 15.6. The number of carbonyl (C=O) groups excluding carboxylic acids is 1. The van der Waals surface area contributed by atoms with E-state index >= 15 is 0 Å². The van der Waals surface area contributed by atoms with Gasteiger partial charge in [-0.3, -0.25) is 4.79 Å². The van der Waals surface area contributed by atoms with Gasteiger partial charge >= 0.3 is 0 Å². The maximum Gasteiger partial charge on any atom is 0.258 e. The van der Waals surface area contributed by atoms with Crippen LogP contribution in [0.5, 0.6) is 0 Å². The molecule has 1 aliphatic carbocycles. The highest BCUT2D eigenvalue weighted by atomic mass is 32.1. The lowest BCUT2D eigenvalue weighted by Gasteiger charge is -2.28. The van der Waals surface area contributed by atoms with E-state index in [1.165, 1.54) is 0 Å². The number of aryl methyl sites for hydroxylation is 2. The van der Waals surface area contributed by atoms with Gasteiger partial charge in [0.1, 0.15) is 11.5 Å². The van der Waals surface area contributed by atoms with E-state index in [2.05, 4.69) is 0 Å². The third-order valence-corrected chi connectivity index (χ3v) is 4.26. The Balaban J connectivity index is 2.32. The number of rotatable bonds is 4. The minimum Gasteiger partial charge on any atom is -0.466 e. The molecule has 20 heavy (non-hydrogen) atoms. The highest BCUT2D eigenvalue weighted by Gasteiger charge is 2.31.